The van der Waals surface area contributed by atoms with Gasteiger partial charge in [0.1, 0.15) is 0 Å². The van der Waals surface area contributed by atoms with Crippen LogP contribution in [0, 0.1) is 27.4 Å². The van der Waals surface area contributed by atoms with Crippen molar-refractivity contribution < 1.29 is 10.0 Å². The van der Waals surface area contributed by atoms with Crippen LogP contribution in [0.1, 0.15) is 51.7 Å². The minimum absolute atomic E-state index is 0.0273. The van der Waals surface area contributed by atoms with E-state index in [4.69, 9.17) is 0 Å². The maximum Gasteiger partial charge on any atom is 0.269 e. The molecule has 0 heterocycles. The zero-order valence-electron chi connectivity index (χ0n) is 13.6. The average molecular weight is 303 g/mol. The van der Waals surface area contributed by atoms with Crippen molar-refractivity contribution in [1.82, 2.24) is 0 Å². The Hall–Kier alpha value is -1.68. The van der Waals surface area contributed by atoms with E-state index in [0.29, 0.717) is 5.92 Å². The van der Waals surface area contributed by atoms with Crippen molar-refractivity contribution in [3.05, 3.63) is 52.1 Å². The van der Waals surface area contributed by atoms with Crippen LogP contribution in [-0.2, 0) is 0 Å². The van der Waals surface area contributed by atoms with Crippen LogP contribution in [0.4, 0.5) is 5.69 Å². The number of nitro groups is 1. The molecule has 0 amide bonds. The van der Waals surface area contributed by atoms with Gasteiger partial charge in [-0.1, -0.05) is 32.9 Å². The largest absolute Gasteiger partial charge is 0.388 e. The van der Waals surface area contributed by atoms with E-state index in [1.54, 1.807) is 12.1 Å². The molecule has 120 valence electrons. The lowest BCUT2D eigenvalue weighted by molar-refractivity contribution is -0.384. The molecule has 1 saturated carbocycles. The summed E-state index contributed by atoms with van der Waals surface area (Å²) < 4.78 is 0. The molecule has 0 radical (unpaired) electrons. The molecule has 0 aliphatic heterocycles. The lowest BCUT2D eigenvalue weighted by Crippen LogP contribution is -2.30. The Labute approximate surface area is 132 Å². The van der Waals surface area contributed by atoms with Crippen LogP contribution in [0.3, 0.4) is 0 Å². The van der Waals surface area contributed by atoms with Gasteiger partial charge in [-0.15, -0.1) is 0 Å². The van der Waals surface area contributed by atoms with Crippen LogP contribution in [0.25, 0.3) is 0 Å². The fourth-order valence-electron chi connectivity index (χ4n) is 3.30. The van der Waals surface area contributed by atoms with Gasteiger partial charge in [0.25, 0.3) is 5.69 Å². The zero-order valence-corrected chi connectivity index (χ0v) is 13.6. The maximum absolute atomic E-state index is 10.7. The minimum atomic E-state index is -0.640. The summed E-state index contributed by atoms with van der Waals surface area (Å²) in [4.78, 5) is 10.3. The standard InChI is InChI=1S/C18H25NO3/c1-12-5-8-14(18(2,3)4)11-16(12)17(20)13-6-9-15(10-7-13)19(21)22/h6-7,9-10,14,16-17,20H,1,5,8,11H2,2-4H3/t14-,16+,17-/m1/s1. The molecule has 3 atom stereocenters. The maximum atomic E-state index is 10.7. The molecule has 0 unspecified atom stereocenters. The molecule has 1 aliphatic carbocycles. The first-order chi connectivity index (χ1) is 10.2. The molecule has 1 fully saturated rings. The summed E-state index contributed by atoms with van der Waals surface area (Å²) in [6.07, 6.45) is 2.33. The Bertz CT molecular complexity index is 557. The van der Waals surface area contributed by atoms with E-state index >= 15 is 0 Å². The van der Waals surface area contributed by atoms with Crippen LogP contribution < -0.4 is 0 Å². The Morgan fingerprint density at radius 1 is 1.32 bits per heavy atom. The van der Waals surface area contributed by atoms with Crippen molar-refractivity contribution in [1.29, 1.82) is 0 Å². The third kappa shape index (κ3) is 3.55. The van der Waals surface area contributed by atoms with Gasteiger partial charge in [-0.25, -0.2) is 0 Å². The number of nitro benzene ring substituents is 1. The Morgan fingerprint density at radius 3 is 2.41 bits per heavy atom. The van der Waals surface area contributed by atoms with Gasteiger partial charge in [-0.3, -0.25) is 10.1 Å². The van der Waals surface area contributed by atoms with E-state index < -0.39 is 11.0 Å². The molecule has 1 aromatic carbocycles. The number of nitrogens with zero attached hydrogens (tertiary/aromatic N) is 1. The highest BCUT2D eigenvalue weighted by Crippen LogP contribution is 2.46. The summed E-state index contributed by atoms with van der Waals surface area (Å²) in [7, 11) is 0. The third-order valence-corrected chi connectivity index (χ3v) is 4.93. The first-order valence-electron chi connectivity index (χ1n) is 7.80. The smallest absolute Gasteiger partial charge is 0.269 e. The summed E-state index contributed by atoms with van der Waals surface area (Å²) in [6, 6.07) is 6.20. The van der Waals surface area contributed by atoms with Gasteiger partial charge in [-0.05, 0) is 48.3 Å². The lowest BCUT2D eigenvalue weighted by atomic mass is 9.66. The predicted molar refractivity (Wildman–Crippen MR) is 87.5 cm³/mol. The molecular weight excluding hydrogens is 278 g/mol. The molecular formula is C18H25NO3. The van der Waals surface area contributed by atoms with Crippen LogP contribution in [0.2, 0.25) is 0 Å². The summed E-state index contributed by atoms with van der Waals surface area (Å²) in [5.41, 5.74) is 2.08. The molecule has 0 saturated heterocycles. The van der Waals surface area contributed by atoms with Crippen molar-refractivity contribution in [3.63, 3.8) is 0 Å². The molecule has 1 aliphatic rings. The Kier molecular flexibility index (Phi) is 4.71. The van der Waals surface area contributed by atoms with Crippen LogP contribution in [0.5, 0.6) is 0 Å². The van der Waals surface area contributed by atoms with Gasteiger partial charge in [0.15, 0.2) is 0 Å². The fraction of sp³-hybridized carbons (Fsp3) is 0.556. The molecule has 4 nitrogen and oxygen atoms in total. The van der Waals surface area contributed by atoms with Crippen molar-refractivity contribution >= 4 is 5.69 Å². The van der Waals surface area contributed by atoms with Crippen molar-refractivity contribution in [2.24, 2.45) is 17.3 Å². The average Bonchev–Trinajstić information content (AvgIpc) is 2.46. The van der Waals surface area contributed by atoms with E-state index in [2.05, 4.69) is 27.4 Å². The number of non-ortho nitro benzene ring substituents is 1. The van der Waals surface area contributed by atoms with Crippen molar-refractivity contribution in [3.8, 4) is 0 Å². The normalized spacial score (nSPS) is 24.1. The molecule has 0 aromatic heterocycles. The van der Waals surface area contributed by atoms with Crippen LogP contribution >= 0.6 is 0 Å². The third-order valence-electron chi connectivity index (χ3n) is 4.93. The molecule has 4 heteroatoms. The quantitative estimate of drug-likeness (QED) is 0.502. The second-order valence-electron chi connectivity index (χ2n) is 7.40. The SMILES string of the molecule is C=C1CC[C@@H](C(C)(C)C)C[C@@H]1[C@H](O)c1ccc([N+](=O)[O-])cc1. The molecule has 0 spiro atoms. The number of aliphatic hydroxyl groups excluding tert-OH is 1. The summed E-state index contributed by atoms with van der Waals surface area (Å²) in [5.74, 6) is 0.579. The van der Waals surface area contributed by atoms with E-state index in [0.717, 1.165) is 30.4 Å². The monoisotopic (exact) mass is 303 g/mol. The van der Waals surface area contributed by atoms with Gasteiger partial charge < -0.3 is 5.11 Å². The summed E-state index contributed by atoms with van der Waals surface area (Å²) in [6.45, 7) is 10.8. The van der Waals surface area contributed by atoms with Crippen molar-refractivity contribution in [2.75, 3.05) is 0 Å². The van der Waals surface area contributed by atoms with E-state index in [-0.39, 0.29) is 17.0 Å². The summed E-state index contributed by atoms with van der Waals surface area (Å²) in [5, 5.41) is 21.4. The second-order valence-corrected chi connectivity index (χ2v) is 7.40. The number of hydrogen-bond acceptors (Lipinski definition) is 3. The molecule has 1 N–H and O–H groups in total. The highest BCUT2D eigenvalue weighted by atomic mass is 16.6. The first-order valence-corrected chi connectivity index (χ1v) is 7.80. The minimum Gasteiger partial charge on any atom is -0.388 e. The number of aliphatic hydroxyl groups is 1. The van der Waals surface area contributed by atoms with Gasteiger partial charge in [-0.2, -0.15) is 0 Å². The number of hydrogen-bond donors (Lipinski definition) is 1. The number of rotatable bonds is 3. The Morgan fingerprint density at radius 2 is 1.91 bits per heavy atom. The zero-order chi connectivity index (χ0) is 16.5. The molecule has 0 bridgehead atoms. The highest BCUT2D eigenvalue weighted by molar-refractivity contribution is 5.34. The van der Waals surface area contributed by atoms with Gasteiger partial charge in [0, 0.05) is 18.1 Å². The Balaban J connectivity index is 2.17. The second kappa shape index (κ2) is 6.21. The van der Waals surface area contributed by atoms with E-state index in [1.165, 1.54) is 12.1 Å². The predicted octanol–water partition coefficient (Wildman–Crippen LogP) is 4.65. The van der Waals surface area contributed by atoms with Gasteiger partial charge >= 0.3 is 0 Å². The molecule has 1 aromatic rings. The molecule has 2 rings (SSSR count). The van der Waals surface area contributed by atoms with Gasteiger partial charge in [0.05, 0.1) is 11.0 Å². The first kappa shape index (κ1) is 16.7. The van der Waals surface area contributed by atoms with E-state index in [1.807, 2.05) is 0 Å². The van der Waals surface area contributed by atoms with Crippen LogP contribution in [0.15, 0.2) is 36.4 Å². The fourth-order valence-corrected chi connectivity index (χ4v) is 3.30. The van der Waals surface area contributed by atoms with Crippen LogP contribution in [-0.4, -0.2) is 10.0 Å². The van der Waals surface area contributed by atoms with Gasteiger partial charge in [0.2, 0.25) is 0 Å². The van der Waals surface area contributed by atoms with E-state index in [9.17, 15) is 15.2 Å². The summed E-state index contributed by atoms with van der Waals surface area (Å²) >= 11 is 0. The molecule has 22 heavy (non-hydrogen) atoms. The number of benzene rings is 1. The topological polar surface area (TPSA) is 63.4 Å². The highest BCUT2D eigenvalue weighted by Gasteiger charge is 2.35. The van der Waals surface area contributed by atoms with Crippen molar-refractivity contribution in [2.45, 2.75) is 46.1 Å². The lowest BCUT2D eigenvalue weighted by Gasteiger charge is -2.40.